The van der Waals surface area contributed by atoms with E-state index in [-0.39, 0.29) is 11.8 Å². The van der Waals surface area contributed by atoms with Crippen LogP contribution in [0.5, 0.6) is 0 Å². The minimum atomic E-state index is -0.154. The molecule has 0 bridgehead atoms. The molecule has 1 aliphatic carbocycles. The van der Waals surface area contributed by atoms with Crippen molar-refractivity contribution in [3.8, 4) is 11.3 Å². The number of anilines is 1. The Hall–Kier alpha value is -3.19. The number of nitrogens with one attached hydrogen (secondary N) is 2. The maximum Gasteiger partial charge on any atom is 0.252 e. The molecule has 3 aromatic rings. The third kappa shape index (κ3) is 5.53. The zero-order valence-electron chi connectivity index (χ0n) is 18.0. The lowest BCUT2D eigenvalue weighted by Crippen LogP contribution is -2.30. The summed E-state index contributed by atoms with van der Waals surface area (Å²) in [6.07, 6.45) is 7.26. The lowest BCUT2D eigenvalue weighted by Gasteiger charge is -2.22. The Labute approximate surface area is 192 Å². The first-order valence-electron chi connectivity index (χ1n) is 10.8. The molecule has 0 aliphatic heterocycles. The number of carbonyl (C=O) groups is 2. The van der Waals surface area contributed by atoms with Gasteiger partial charge in [-0.05, 0) is 61.9 Å². The molecule has 1 aliphatic rings. The Morgan fingerprint density at radius 2 is 2.06 bits per heavy atom. The van der Waals surface area contributed by atoms with Gasteiger partial charge in [-0.25, -0.2) is 0 Å². The van der Waals surface area contributed by atoms with Gasteiger partial charge in [0.2, 0.25) is 5.91 Å². The number of hydrogen-bond acceptors (Lipinski definition) is 4. The van der Waals surface area contributed by atoms with Gasteiger partial charge >= 0.3 is 0 Å². The Morgan fingerprint density at radius 3 is 2.69 bits per heavy atom. The minimum Gasteiger partial charge on any atom is -0.352 e. The first-order chi connectivity index (χ1) is 15.5. The van der Waals surface area contributed by atoms with Gasteiger partial charge in [0, 0.05) is 43.7 Å². The zero-order valence-corrected chi connectivity index (χ0v) is 18.7. The summed E-state index contributed by atoms with van der Waals surface area (Å²) in [6.45, 7) is 2.85. The van der Waals surface area contributed by atoms with Crippen molar-refractivity contribution in [1.82, 2.24) is 20.5 Å². The molecule has 2 aromatic heterocycles. The number of halogens is 1. The summed E-state index contributed by atoms with van der Waals surface area (Å²) in [6, 6.07) is 11.1. The highest BCUT2D eigenvalue weighted by atomic mass is 35.5. The third-order valence-electron chi connectivity index (χ3n) is 5.54. The van der Waals surface area contributed by atoms with Gasteiger partial charge in [0.15, 0.2) is 0 Å². The number of pyridine rings is 1. The van der Waals surface area contributed by atoms with Gasteiger partial charge in [0.05, 0.1) is 22.0 Å². The Balaban J connectivity index is 1.37. The van der Waals surface area contributed by atoms with Crippen LogP contribution in [0.15, 0.2) is 48.8 Å². The van der Waals surface area contributed by atoms with Crippen LogP contribution < -0.4 is 10.2 Å². The van der Waals surface area contributed by atoms with Gasteiger partial charge < -0.3 is 10.2 Å². The fraction of sp³-hybridized carbons (Fsp3) is 0.333. The van der Waals surface area contributed by atoms with Crippen molar-refractivity contribution in [2.75, 3.05) is 18.0 Å². The molecule has 0 saturated heterocycles. The van der Waals surface area contributed by atoms with Crippen LogP contribution in [0, 0.1) is 5.92 Å². The van der Waals surface area contributed by atoms with E-state index in [0.29, 0.717) is 35.3 Å². The summed E-state index contributed by atoms with van der Waals surface area (Å²) in [5.41, 5.74) is 3.83. The van der Waals surface area contributed by atoms with Crippen LogP contribution in [0.25, 0.3) is 11.3 Å². The molecular formula is C24H26ClN5O2. The largest absolute Gasteiger partial charge is 0.352 e. The van der Waals surface area contributed by atoms with E-state index in [1.165, 1.54) is 0 Å². The molecule has 0 radical (unpaired) electrons. The molecule has 1 saturated carbocycles. The Bertz CT molecular complexity index is 1080. The molecular weight excluding hydrogens is 426 g/mol. The van der Waals surface area contributed by atoms with Gasteiger partial charge in [-0.3, -0.25) is 19.7 Å². The molecule has 32 heavy (non-hydrogen) atoms. The van der Waals surface area contributed by atoms with E-state index in [1.54, 1.807) is 36.4 Å². The fourth-order valence-corrected chi connectivity index (χ4v) is 3.83. The monoisotopic (exact) mass is 451 g/mol. The van der Waals surface area contributed by atoms with Crippen LogP contribution >= 0.6 is 11.6 Å². The highest BCUT2D eigenvalue weighted by Gasteiger charge is 2.27. The van der Waals surface area contributed by atoms with Gasteiger partial charge in [0.1, 0.15) is 0 Å². The quantitative estimate of drug-likeness (QED) is 0.476. The highest BCUT2D eigenvalue weighted by molar-refractivity contribution is 6.34. The summed E-state index contributed by atoms with van der Waals surface area (Å²) < 4.78 is 0. The highest BCUT2D eigenvalue weighted by Crippen LogP contribution is 2.35. The Morgan fingerprint density at radius 1 is 1.22 bits per heavy atom. The number of aromatic nitrogens is 3. The molecule has 2 N–H and O–H groups in total. The van der Waals surface area contributed by atoms with E-state index in [4.69, 9.17) is 11.6 Å². The van der Waals surface area contributed by atoms with Gasteiger partial charge in [-0.2, -0.15) is 5.10 Å². The molecule has 7 nitrogen and oxygen atoms in total. The van der Waals surface area contributed by atoms with Crippen molar-refractivity contribution in [2.24, 2.45) is 5.92 Å². The van der Waals surface area contributed by atoms with Gasteiger partial charge in [-0.1, -0.05) is 17.7 Å². The maximum atomic E-state index is 12.4. The predicted octanol–water partition coefficient (Wildman–Crippen LogP) is 4.25. The standard InChI is InChI=1S/C24H26ClN5O2/c1-16(31)30(15-17-4-5-17)23-9-7-18(13-21(23)25)22-8-6-19(14-27-22)24(32)26-11-2-3-20-10-12-28-29-20/h6-10,12-14,17H,2-5,11,15H2,1H3,(H,26,32)(H,28,29). The van der Waals surface area contributed by atoms with Crippen molar-refractivity contribution in [1.29, 1.82) is 0 Å². The number of H-pyrrole nitrogens is 1. The first-order valence-corrected chi connectivity index (χ1v) is 11.2. The van der Waals surface area contributed by atoms with E-state index >= 15 is 0 Å². The molecule has 4 rings (SSSR count). The number of aryl methyl sites for hydroxylation is 1. The van der Waals surface area contributed by atoms with Crippen LogP contribution in [0.2, 0.25) is 5.02 Å². The van der Waals surface area contributed by atoms with Crippen molar-refractivity contribution >= 4 is 29.1 Å². The van der Waals surface area contributed by atoms with E-state index in [9.17, 15) is 9.59 Å². The smallest absolute Gasteiger partial charge is 0.252 e. The van der Waals surface area contributed by atoms with E-state index in [1.807, 2.05) is 24.3 Å². The van der Waals surface area contributed by atoms with Crippen molar-refractivity contribution in [2.45, 2.75) is 32.6 Å². The second-order valence-corrected chi connectivity index (χ2v) is 8.52. The molecule has 0 atom stereocenters. The molecule has 1 aromatic carbocycles. The summed E-state index contributed by atoms with van der Waals surface area (Å²) in [4.78, 5) is 30.6. The van der Waals surface area contributed by atoms with Crippen LogP contribution in [0.1, 0.15) is 42.2 Å². The fourth-order valence-electron chi connectivity index (χ4n) is 3.55. The number of carbonyl (C=O) groups excluding carboxylic acids is 2. The maximum absolute atomic E-state index is 12.4. The van der Waals surface area contributed by atoms with Crippen LogP contribution in [-0.2, 0) is 11.2 Å². The number of hydrogen-bond donors (Lipinski definition) is 2. The second kappa shape index (κ2) is 9.96. The molecule has 1 fully saturated rings. The van der Waals surface area contributed by atoms with Crippen molar-refractivity contribution < 1.29 is 9.59 Å². The van der Waals surface area contributed by atoms with E-state index < -0.39 is 0 Å². The van der Waals surface area contributed by atoms with Crippen LogP contribution in [0.4, 0.5) is 5.69 Å². The summed E-state index contributed by atoms with van der Waals surface area (Å²) >= 11 is 6.52. The normalized spacial score (nSPS) is 13.1. The van der Waals surface area contributed by atoms with Gasteiger partial charge in [0.25, 0.3) is 5.91 Å². The SMILES string of the molecule is CC(=O)N(CC1CC1)c1ccc(-c2ccc(C(=O)NCCCc3ccn[nH]3)cn2)cc1Cl. The van der Waals surface area contributed by atoms with Crippen molar-refractivity contribution in [3.05, 3.63) is 65.1 Å². The van der Waals surface area contributed by atoms with Crippen LogP contribution in [0.3, 0.4) is 0 Å². The zero-order chi connectivity index (χ0) is 22.5. The summed E-state index contributed by atoms with van der Waals surface area (Å²) in [5, 5.41) is 10.2. The average molecular weight is 452 g/mol. The number of nitrogens with zero attached hydrogens (tertiary/aromatic N) is 3. The number of amides is 2. The van der Waals surface area contributed by atoms with E-state index in [0.717, 1.165) is 42.6 Å². The molecule has 166 valence electrons. The van der Waals surface area contributed by atoms with E-state index in [2.05, 4.69) is 20.5 Å². The number of aromatic amines is 1. The number of rotatable bonds is 9. The van der Waals surface area contributed by atoms with Crippen molar-refractivity contribution in [3.63, 3.8) is 0 Å². The number of benzene rings is 1. The molecule has 2 heterocycles. The Kier molecular flexibility index (Phi) is 6.85. The molecule has 0 unspecified atom stereocenters. The minimum absolute atomic E-state index is 0.00963. The summed E-state index contributed by atoms with van der Waals surface area (Å²) in [7, 11) is 0. The second-order valence-electron chi connectivity index (χ2n) is 8.11. The topological polar surface area (TPSA) is 91.0 Å². The predicted molar refractivity (Wildman–Crippen MR) is 125 cm³/mol. The van der Waals surface area contributed by atoms with Gasteiger partial charge in [-0.15, -0.1) is 0 Å². The molecule has 8 heteroatoms. The average Bonchev–Trinajstić information content (AvgIpc) is 3.47. The third-order valence-corrected chi connectivity index (χ3v) is 5.85. The lowest BCUT2D eigenvalue weighted by atomic mass is 10.1. The first kappa shape index (κ1) is 22.0. The van der Waals surface area contributed by atoms with Crippen LogP contribution in [-0.4, -0.2) is 40.1 Å². The summed E-state index contributed by atoms with van der Waals surface area (Å²) in [5.74, 6) is 0.407. The molecule has 2 amide bonds. The molecule has 0 spiro atoms. The lowest BCUT2D eigenvalue weighted by molar-refractivity contribution is -0.116.